The second-order valence-corrected chi connectivity index (χ2v) is 8.92. The molecule has 1 heterocycles. The maximum atomic E-state index is 12.6. The van der Waals surface area contributed by atoms with Gasteiger partial charge in [-0.1, -0.05) is 26.8 Å². The first-order chi connectivity index (χ1) is 8.39. The molecule has 5 heteroatoms. The molecule has 0 spiro atoms. The Balaban J connectivity index is 2.33. The molecule has 0 radical (unpaired) electrons. The van der Waals surface area contributed by atoms with E-state index in [4.69, 9.17) is 0 Å². The van der Waals surface area contributed by atoms with Gasteiger partial charge in [0.15, 0.2) is 9.84 Å². The van der Waals surface area contributed by atoms with E-state index in [-0.39, 0.29) is 16.7 Å². The standard InChI is InChI=1S/C13H21NO2S2/c1-4-14-12-10(7-8-13(12,2)3)18(15,16)11-6-5-9-17-11/h5-6,9-10,12,14H,4,7-8H2,1-3H3. The van der Waals surface area contributed by atoms with Crippen LogP contribution in [0.2, 0.25) is 0 Å². The lowest BCUT2D eigenvalue weighted by Gasteiger charge is -2.31. The molecule has 1 saturated carbocycles. The molecule has 1 fully saturated rings. The number of thiophene rings is 1. The quantitative estimate of drug-likeness (QED) is 0.926. The third kappa shape index (κ3) is 2.36. The number of sulfone groups is 1. The molecule has 2 unspecified atom stereocenters. The van der Waals surface area contributed by atoms with Crippen LogP contribution in [0.1, 0.15) is 33.6 Å². The highest BCUT2D eigenvalue weighted by atomic mass is 32.2. The van der Waals surface area contributed by atoms with Crippen molar-refractivity contribution in [3.63, 3.8) is 0 Å². The first kappa shape index (κ1) is 14.0. The van der Waals surface area contributed by atoms with Crippen molar-refractivity contribution in [3.8, 4) is 0 Å². The topological polar surface area (TPSA) is 46.2 Å². The van der Waals surface area contributed by atoms with Crippen LogP contribution in [0.15, 0.2) is 21.7 Å². The molecule has 1 aliphatic carbocycles. The van der Waals surface area contributed by atoms with Crippen LogP contribution in [0.4, 0.5) is 0 Å². The summed E-state index contributed by atoms with van der Waals surface area (Å²) < 4.78 is 25.8. The van der Waals surface area contributed by atoms with E-state index in [9.17, 15) is 8.42 Å². The van der Waals surface area contributed by atoms with Crippen LogP contribution in [0, 0.1) is 5.41 Å². The molecule has 1 aromatic heterocycles. The summed E-state index contributed by atoms with van der Waals surface area (Å²) in [6.45, 7) is 7.16. The summed E-state index contributed by atoms with van der Waals surface area (Å²) in [5, 5.41) is 4.92. The molecular weight excluding hydrogens is 266 g/mol. The smallest absolute Gasteiger partial charge is 0.192 e. The first-order valence-corrected chi connectivity index (χ1v) is 8.83. The summed E-state index contributed by atoms with van der Waals surface area (Å²) in [5.74, 6) is 0. The average molecular weight is 287 g/mol. The van der Waals surface area contributed by atoms with Crippen LogP contribution in [-0.4, -0.2) is 26.3 Å². The maximum Gasteiger partial charge on any atom is 0.192 e. The maximum absolute atomic E-state index is 12.6. The lowest BCUT2D eigenvalue weighted by atomic mass is 9.87. The molecule has 0 amide bonds. The van der Waals surface area contributed by atoms with Gasteiger partial charge in [-0.3, -0.25) is 0 Å². The fourth-order valence-corrected chi connectivity index (χ4v) is 6.22. The predicted molar refractivity (Wildman–Crippen MR) is 75.8 cm³/mol. The summed E-state index contributed by atoms with van der Waals surface area (Å²) in [6.07, 6.45) is 1.71. The number of nitrogens with one attached hydrogen (secondary N) is 1. The van der Waals surface area contributed by atoms with Crippen LogP contribution in [-0.2, 0) is 9.84 Å². The Morgan fingerprint density at radius 2 is 2.22 bits per heavy atom. The van der Waals surface area contributed by atoms with E-state index < -0.39 is 9.84 Å². The fourth-order valence-electron chi connectivity index (χ4n) is 2.88. The van der Waals surface area contributed by atoms with E-state index in [1.165, 1.54) is 11.3 Å². The summed E-state index contributed by atoms with van der Waals surface area (Å²) in [5.41, 5.74) is 0.0466. The summed E-state index contributed by atoms with van der Waals surface area (Å²) in [6, 6.07) is 3.57. The van der Waals surface area contributed by atoms with Crippen LogP contribution < -0.4 is 5.32 Å². The molecule has 1 aliphatic rings. The molecule has 18 heavy (non-hydrogen) atoms. The first-order valence-electron chi connectivity index (χ1n) is 6.40. The van der Waals surface area contributed by atoms with Gasteiger partial charge in [-0.15, -0.1) is 11.3 Å². The van der Waals surface area contributed by atoms with Gasteiger partial charge in [0, 0.05) is 6.04 Å². The van der Waals surface area contributed by atoms with Crippen molar-refractivity contribution in [1.82, 2.24) is 5.32 Å². The molecule has 1 N–H and O–H groups in total. The molecule has 0 aliphatic heterocycles. The van der Waals surface area contributed by atoms with E-state index in [0.29, 0.717) is 4.21 Å². The van der Waals surface area contributed by atoms with Gasteiger partial charge in [0.05, 0.1) is 5.25 Å². The second kappa shape index (κ2) is 4.94. The van der Waals surface area contributed by atoms with Crippen molar-refractivity contribution in [2.24, 2.45) is 5.41 Å². The zero-order valence-corrected chi connectivity index (χ0v) is 12.8. The molecule has 2 atom stereocenters. The van der Waals surface area contributed by atoms with E-state index in [0.717, 1.165) is 19.4 Å². The highest BCUT2D eigenvalue weighted by molar-refractivity contribution is 7.94. The third-order valence-corrected chi connectivity index (χ3v) is 7.53. The molecule has 0 saturated heterocycles. The van der Waals surface area contributed by atoms with Crippen LogP contribution in [0.25, 0.3) is 0 Å². The van der Waals surface area contributed by atoms with Gasteiger partial charge in [-0.2, -0.15) is 0 Å². The van der Waals surface area contributed by atoms with Crippen LogP contribution >= 0.6 is 11.3 Å². The average Bonchev–Trinajstić information content (AvgIpc) is 2.89. The van der Waals surface area contributed by atoms with Crippen molar-refractivity contribution >= 4 is 21.2 Å². The predicted octanol–water partition coefficient (Wildman–Crippen LogP) is 2.69. The fraction of sp³-hybridized carbons (Fsp3) is 0.692. The Hall–Kier alpha value is -0.390. The van der Waals surface area contributed by atoms with E-state index in [1.807, 2.05) is 12.3 Å². The van der Waals surface area contributed by atoms with Crippen molar-refractivity contribution in [3.05, 3.63) is 17.5 Å². The van der Waals surface area contributed by atoms with E-state index in [2.05, 4.69) is 19.2 Å². The Labute approximate surface area is 114 Å². The minimum absolute atomic E-state index is 0.0466. The Morgan fingerprint density at radius 3 is 2.78 bits per heavy atom. The molecule has 0 aromatic carbocycles. The van der Waals surface area contributed by atoms with Gasteiger partial charge >= 0.3 is 0 Å². The van der Waals surface area contributed by atoms with E-state index in [1.54, 1.807) is 12.1 Å². The van der Waals surface area contributed by atoms with Gasteiger partial charge < -0.3 is 5.32 Å². The van der Waals surface area contributed by atoms with Gasteiger partial charge in [0.1, 0.15) is 4.21 Å². The zero-order valence-electron chi connectivity index (χ0n) is 11.1. The molecule has 2 rings (SSSR count). The van der Waals surface area contributed by atoms with Crippen LogP contribution in [0.5, 0.6) is 0 Å². The second-order valence-electron chi connectivity index (χ2n) is 5.58. The molecule has 102 valence electrons. The number of hydrogen-bond donors (Lipinski definition) is 1. The minimum Gasteiger partial charge on any atom is -0.312 e. The molecule has 1 aromatic rings. The highest BCUT2D eigenvalue weighted by Crippen LogP contribution is 2.42. The van der Waals surface area contributed by atoms with Crippen molar-refractivity contribution in [2.75, 3.05) is 6.54 Å². The zero-order chi connectivity index (χ0) is 13.4. The molecular formula is C13H21NO2S2. The van der Waals surface area contributed by atoms with Crippen molar-refractivity contribution in [2.45, 2.75) is 49.1 Å². The van der Waals surface area contributed by atoms with Crippen molar-refractivity contribution in [1.29, 1.82) is 0 Å². The monoisotopic (exact) mass is 287 g/mol. The Morgan fingerprint density at radius 1 is 1.50 bits per heavy atom. The van der Waals surface area contributed by atoms with Gasteiger partial charge in [0.2, 0.25) is 0 Å². The third-order valence-electron chi connectivity index (χ3n) is 3.88. The molecule has 0 bridgehead atoms. The van der Waals surface area contributed by atoms with Gasteiger partial charge in [0.25, 0.3) is 0 Å². The van der Waals surface area contributed by atoms with E-state index >= 15 is 0 Å². The van der Waals surface area contributed by atoms with Gasteiger partial charge in [-0.05, 0) is 36.2 Å². The summed E-state index contributed by atoms with van der Waals surface area (Å²) in [7, 11) is -3.18. The SMILES string of the molecule is CCNC1C(S(=O)(=O)c2cccs2)CCC1(C)C. The molecule has 3 nitrogen and oxygen atoms in total. The number of rotatable bonds is 4. The Bertz CT molecular complexity index is 491. The highest BCUT2D eigenvalue weighted by Gasteiger charge is 2.48. The summed E-state index contributed by atoms with van der Waals surface area (Å²) in [4.78, 5) is 0. The number of hydrogen-bond acceptors (Lipinski definition) is 4. The normalized spacial score (nSPS) is 27.5. The lowest BCUT2D eigenvalue weighted by molar-refractivity contribution is 0.288. The Kier molecular flexibility index (Phi) is 3.85. The minimum atomic E-state index is -3.18. The lowest BCUT2D eigenvalue weighted by Crippen LogP contribution is -2.47. The summed E-state index contributed by atoms with van der Waals surface area (Å²) >= 11 is 1.32. The van der Waals surface area contributed by atoms with Crippen LogP contribution in [0.3, 0.4) is 0 Å². The van der Waals surface area contributed by atoms with Crippen molar-refractivity contribution < 1.29 is 8.42 Å². The van der Waals surface area contributed by atoms with Gasteiger partial charge in [-0.25, -0.2) is 8.42 Å². The largest absolute Gasteiger partial charge is 0.312 e.